The molecule has 4 N–H and O–H groups in total. The van der Waals surface area contributed by atoms with Crippen molar-refractivity contribution in [2.24, 2.45) is 21.7 Å². The van der Waals surface area contributed by atoms with Crippen molar-refractivity contribution in [3.63, 3.8) is 0 Å². The predicted octanol–water partition coefficient (Wildman–Crippen LogP) is 0.602. The van der Waals surface area contributed by atoms with Crippen molar-refractivity contribution < 1.29 is 0 Å². The Morgan fingerprint density at radius 3 is 2.00 bits per heavy atom. The first-order valence-electron chi connectivity index (χ1n) is 3.30. The molecule has 0 aliphatic carbocycles. The monoisotopic (exact) mass is 154 g/mol. The smallest absolute Gasteiger partial charge is 0.211 e. The number of hydrogen-bond donors (Lipinski definition) is 2. The highest BCUT2D eigenvalue weighted by molar-refractivity contribution is 5.93. The fraction of sp³-hybridized carbons (Fsp3) is 0.429. The van der Waals surface area contributed by atoms with E-state index >= 15 is 0 Å². The molecule has 0 bridgehead atoms. The van der Waals surface area contributed by atoms with Crippen molar-refractivity contribution in [1.29, 1.82) is 0 Å². The van der Waals surface area contributed by atoms with E-state index in [1.54, 1.807) is 0 Å². The third-order valence-corrected chi connectivity index (χ3v) is 0.821. The van der Waals surface area contributed by atoms with Crippen LogP contribution in [0.5, 0.6) is 0 Å². The summed E-state index contributed by atoms with van der Waals surface area (Å²) >= 11 is 0. The summed E-state index contributed by atoms with van der Waals surface area (Å²) in [6.45, 7) is 5.79. The van der Waals surface area contributed by atoms with E-state index in [4.69, 9.17) is 11.5 Å². The summed E-state index contributed by atoms with van der Waals surface area (Å²) in [5.74, 6) is -0.0218. The maximum Gasteiger partial charge on any atom is 0.211 e. The van der Waals surface area contributed by atoms with Crippen LogP contribution in [0, 0.1) is 0 Å². The number of guanidine groups is 1. The summed E-state index contributed by atoms with van der Waals surface area (Å²) in [6.07, 6.45) is 1.90. The molecule has 11 heavy (non-hydrogen) atoms. The van der Waals surface area contributed by atoms with Gasteiger partial charge in [-0.15, -0.1) is 5.10 Å². The topological polar surface area (TPSA) is 76.8 Å². The molecule has 0 radical (unpaired) electrons. The van der Waals surface area contributed by atoms with Crippen LogP contribution < -0.4 is 11.5 Å². The minimum atomic E-state index is -0.0218. The third kappa shape index (κ3) is 6.57. The lowest BCUT2D eigenvalue weighted by Gasteiger charge is -1.89. The van der Waals surface area contributed by atoms with Crippen LogP contribution in [0.25, 0.3) is 0 Å². The van der Waals surface area contributed by atoms with E-state index in [0.29, 0.717) is 0 Å². The zero-order valence-electron chi connectivity index (χ0n) is 7.13. The maximum absolute atomic E-state index is 5.07. The molecule has 0 saturated carbocycles. The molecule has 4 heteroatoms. The van der Waals surface area contributed by atoms with E-state index in [1.807, 2.05) is 26.8 Å². The molecule has 0 aromatic rings. The van der Waals surface area contributed by atoms with Gasteiger partial charge in [0.25, 0.3) is 0 Å². The standard InChI is InChI=1S/C7H14N4/c1-5(2)4-6(3)10-11-7(8)9/h4H,1-3H3,(H4,8,9,11)/b10-6-. The van der Waals surface area contributed by atoms with Gasteiger partial charge in [-0.05, 0) is 26.8 Å². The van der Waals surface area contributed by atoms with Crippen molar-refractivity contribution in [3.05, 3.63) is 11.6 Å². The predicted molar refractivity (Wildman–Crippen MR) is 48.3 cm³/mol. The molecule has 0 heterocycles. The summed E-state index contributed by atoms with van der Waals surface area (Å²) < 4.78 is 0. The lowest BCUT2D eigenvalue weighted by Crippen LogP contribution is -2.21. The zero-order valence-corrected chi connectivity index (χ0v) is 7.13. The van der Waals surface area contributed by atoms with Gasteiger partial charge in [0.15, 0.2) is 0 Å². The van der Waals surface area contributed by atoms with Crippen LogP contribution >= 0.6 is 0 Å². The summed E-state index contributed by atoms with van der Waals surface area (Å²) in [7, 11) is 0. The Hall–Kier alpha value is -1.32. The molecular formula is C7H14N4. The highest BCUT2D eigenvalue weighted by Gasteiger charge is 1.83. The van der Waals surface area contributed by atoms with E-state index in [9.17, 15) is 0 Å². The SMILES string of the molecule is CC(C)=C/C(C)=N\N=C(N)N. The molecule has 0 aromatic heterocycles. The average Bonchev–Trinajstić information content (AvgIpc) is 1.82. The molecule has 62 valence electrons. The van der Waals surface area contributed by atoms with Crippen molar-refractivity contribution >= 4 is 11.7 Å². The molecule has 0 atom stereocenters. The van der Waals surface area contributed by atoms with Crippen molar-refractivity contribution in [3.8, 4) is 0 Å². The second kappa shape index (κ2) is 4.49. The molecule has 0 rings (SSSR count). The fourth-order valence-electron chi connectivity index (χ4n) is 0.583. The van der Waals surface area contributed by atoms with Gasteiger partial charge in [0.2, 0.25) is 5.96 Å². The Bertz CT molecular complexity index is 204. The van der Waals surface area contributed by atoms with Gasteiger partial charge >= 0.3 is 0 Å². The first kappa shape index (κ1) is 9.68. The summed E-state index contributed by atoms with van der Waals surface area (Å²) in [5.41, 5.74) is 12.1. The Morgan fingerprint density at radius 2 is 1.64 bits per heavy atom. The normalized spacial score (nSPS) is 10.6. The average molecular weight is 154 g/mol. The highest BCUT2D eigenvalue weighted by atomic mass is 15.3. The first-order chi connectivity index (χ1) is 5.02. The second-order valence-electron chi connectivity index (χ2n) is 2.49. The lowest BCUT2D eigenvalue weighted by atomic mass is 10.3. The summed E-state index contributed by atoms with van der Waals surface area (Å²) in [4.78, 5) is 0. The number of allylic oxidation sites excluding steroid dienone is 2. The second-order valence-corrected chi connectivity index (χ2v) is 2.49. The lowest BCUT2D eigenvalue weighted by molar-refractivity contribution is 1.20. The Balaban J connectivity index is 4.25. The van der Waals surface area contributed by atoms with Crippen LogP contribution in [0.15, 0.2) is 21.9 Å². The van der Waals surface area contributed by atoms with E-state index in [1.165, 1.54) is 0 Å². The van der Waals surface area contributed by atoms with Crippen LogP contribution in [0.1, 0.15) is 20.8 Å². The third-order valence-electron chi connectivity index (χ3n) is 0.821. The number of hydrogen-bond acceptors (Lipinski definition) is 2. The van der Waals surface area contributed by atoms with Crippen molar-refractivity contribution in [1.82, 2.24) is 0 Å². The van der Waals surface area contributed by atoms with Gasteiger partial charge in [0, 0.05) is 0 Å². The number of nitrogens with two attached hydrogens (primary N) is 2. The molecule has 0 amide bonds. The summed E-state index contributed by atoms with van der Waals surface area (Å²) in [5, 5.41) is 7.24. The fourth-order valence-corrected chi connectivity index (χ4v) is 0.583. The van der Waals surface area contributed by atoms with Gasteiger partial charge in [0.05, 0.1) is 5.71 Å². The molecule has 0 fully saturated rings. The van der Waals surface area contributed by atoms with Gasteiger partial charge in [-0.1, -0.05) is 5.57 Å². The first-order valence-corrected chi connectivity index (χ1v) is 3.30. The Morgan fingerprint density at radius 1 is 1.09 bits per heavy atom. The Kier molecular flexibility index (Phi) is 3.95. The highest BCUT2D eigenvalue weighted by Crippen LogP contribution is 1.90. The van der Waals surface area contributed by atoms with E-state index in [0.717, 1.165) is 11.3 Å². The van der Waals surface area contributed by atoms with Crippen LogP contribution in [0.3, 0.4) is 0 Å². The molecule has 0 aromatic carbocycles. The molecule has 0 spiro atoms. The maximum atomic E-state index is 5.07. The van der Waals surface area contributed by atoms with Gasteiger partial charge in [0.1, 0.15) is 0 Å². The van der Waals surface area contributed by atoms with Crippen LogP contribution in [0.2, 0.25) is 0 Å². The van der Waals surface area contributed by atoms with Crippen molar-refractivity contribution in [2.75, 3.05) is 0 Å². The zero-order chi connectivity index (χ0) is 8.85. The minimum absolute atomic E-state index is 0.0218. The Labute approximate surface area is 66.7 Å². The molecule has 4 nitrogen and oxygen atoms in total. The van der Waals surface area contributed by atoms with Crippen molar-refractivity contribution in [2.45, 2.75) is 20.8 Å². The summed E-state index contributed by atoms with van der Waals surface area (Å²) in [6, 6.07) is 0. The molecule has 0 saturated heterocycles. The van der Waals surface area contributed by atoms with Gasteiger partial charge < -0.3 is 11.5 Å². The number of rotatable bonds is 2. The van der Waals surface area contributed by atoms with Gasteiger partial charge in [-0.25, -0.2) is 0 Å². The quantitative estimate of drug-likeness (QED) is 0.347. The van der Waals surface area contributed by atoms with Crippen LogP contribution in [-0.4, -0.2) is 11.7 Å². The van der Waals surface area contributed by atoms with Crippen LogP contribution in [-0.2, 0) is 0 Å². The van der Waals surface area contributed by atoms with Gasteiger partial charge in [-0.2, -0.15) is 5.10 Å². The van der Waals surface area contributed by atoms with E-state index < -0.39 is 0 Å². The van der Waals surface area contributed by atoms with Gasteiger partial charge in [-0.3, -0.25) is 0 Å². The van der Waals surface area contributed by atoms with E-state index in [-0.39, 0.29) is 5.96 Å². The van der Waals surface area contributed by atoms with Crippen LogP contribution in [0.4, 0.5) is 0 Å². The number of nitrogens with zero attached hydrogens (tertiary/aromatic N) is 2. The largest absolute Gasteiger partial charge is 0.369 e. The molecule has 0 aliphatic heterocycles. The molecule has 0 aliphatic rings. The molecular weight excluding hydrogens is 140 g/mol. The minimum Gasteiger partial charge on any atom is -0.369 e. The molecule has 0 unspecified atom stereocenters. The van der Waals surface area contributed by atoms with E-state index in [2.05, 4.69) is 10.2 Å².